The first-order valence-corrected chi connectivity index (χ1v) is 6.23. The van der Waals surface area contributed by atoms with E-state index in [1.165, 1.54) is 0 Å². The molecule has 1 atom stereocenters. The fraction of sp³-hybridized carbons (Fsp3) is 0.500. The fourth-order valence-electron chi connectivity index (χ4n) is 1.42. The number of fused-ring (bicyclic) bond motifs is 1. The summed E-state index contributed by atoms with van der Waals surface area (Å²) in [7, 11) is 1.89. The molecule has 0 saturated heterocycles. The van der Waals surface area contributed by atoms with Crippen molar-refractivity contribution in [3.8, 4) is 0 Å². The lowest BCUT2D eigenvalue weighted by atomic mass is 10.4. The highest BCUT2D eigenvalue weighted by Crippen LogP contribution is 2.36. The molecule has 2 heterocycles. The zero-order valence-corrected chi connectivity index (χ0v) is 10.3. The molecule has 4 nitrogen and oxygen atoms in total. The number of carbonyl (C=O) groups excluding carboxylic acids is 1. The summed E-state index contributed by atoms with van der Waals surface area (Å²) < 4.78 is 0. The molecule has 1 unspecified atom stereocenters. The predicted molar refractivity (Wildman–Crippen MR) is 61.0 cm³/mol. The molecule has 0 aromatic heterocycles. The second-order valence-corrected chi connectivity index (χ2v) is 4.65. The maximum absolute atomic E-state index is 11.5. The molecule has 0 bridgehead atoms. The van der Waals surface area contributed by atoms with Crippen LogP contribution in [0.4, 0.5) is 0 Å². The molecular weight excluding hydrogens is 266 g/mol. The molecule has 0 radical (unpaired) electrons. The number of hydrogen-bond acceptors (Lipinski definition) is 5. The molecule has 2 aliphatic heterocycles. The normalized spacial score (nSPS) is 24.9. The summed E-state index contributed by atoms with van der Waals surface area (Å²) in [6.45, 7) is 1.99. The number of hydrazone groups is 1. The number of nitrogens with zero attached hydrogens (tertiary/aromatic N) is 3. The number of allylic oxidation sites excluding steroid dienone is 1. The maximum atomic E-state index is 11.5. The van der Waals surface area contributed by atoms with E-state index < -0.39 is 0 Å². The van der Waals surface area contributed by atoms with Crippen LogP contribution in [-0.4, -0.2) is 39.4 Å². The summed E-state index contributed by atoms with van der Waals surface area (Å²) in [6.07, 6.45) is 0. The third kappa shape index (κ3) is 1.37. The zero-order chi connectivity index (χ0) is 10.3. The van der Waals surface area contributed by atoms with Crippen LogP contribution in [0.3, 0.4) is 0 Å². The Balaban J connectivity index is 2.25. The van der Waals surface area contributed by atoms with E-state index in [0.29, 0.717) is 11.2 Å². The van der Waals surface area contributed by atoms with Gasteiger partial charge >= 0.3 is 0 Å². The smallest absolute Gasteiger partial charge is 0.210 e. The number of amidine groups is 1. The molecule has 0 N–H and O–H groups in total. The highest BCUT2D eigenvalue weighted by molar-refractivity contribution is 9.09. The number of rotatable bonds is 2. The Morgan fingerprint density at radius 1 is 1.79 bits per heavy atom. The standard InChI is InChI=1S/C8H10BrN3OS/c1-5-4-14-8-11(2)7(6(13)3-9)10-12(5)8/h4,8H,3H2,1-2H3. The number of hydrogen-bond donors (Lipinski definition) is 0. The largest absolute Gasteiger partial charge is 0.324 e. The summed E-state index contributed by atoms with van der Waals surface area (Å²) in [5.74, 6) is 0.558. The van der Waals surface area contributed by atoms with Gasteiger partial charge in [0.05, 0.1) is 5.33 Å². The number of carbonyl (C=O) groups is 1. The molecule has 2 rings (SSSR count). The van der Waals surface area contributed by atoms with E-state index in [9.17, 15) is 4.79 Å². The van der Waals surface area contributed by atoms with Crippen LogP contribution >= 0.6 is 27.7 Å². The van der Waals surface area contributed by atoms with Gasteiger partial charge in [-0.3, -0.25) is 4.79 Å². The SMILES string of the molecule is CC1=CSC2N(C)C(C(=O)CBr)=NN12. The summed E-state index contributed by atoms with van der Waals surface area (Å²) >= 11 is 4.82. The van der Waals surface area contributed by atoms with Crippen LogP contribution in [-0.2, 0) is 4.79 Å². The Bertz CT molecular complexity index is 341. The fourth-order valence-corrected chi connectivity index (χ4v) is 2.71. The average molecular weight is 276 g/mol. The lowest BCUT2D eigenvalue weighted by Crippen LogP contribution is -2.37. The van der Waals surface area contributed by atoms with E-state index >= 15 is 0 Å². The minimum Gasteiger partial charge on any atom is -0.324 e. The van der Waals surface area contributed by atoms with Crippen molar-refractivity contribution < 1.29 is 4.79 Å². The van der Waals surface area contributed by atoms with E-state index in [1.54, 1.807) is 11.8 Å². The van der Waals surface area contributed by atoms with Gasteiger partial charge in [-0.1, -0.05) is 27.7 Å². The Hall–Kier alpha value is -0.490. The van der Waals surface area contributed by atoms with Crippen molar-refractivity contribution in [1.29, 1.82) is 0 Å². The van der Waals surface area contributed by atoms with Crippen molar-refractivity contribution in [2.45, 2.75) is 12.4 Å². The average Bonchev–Trinajstić information content (AvgIpc) is 2.69. The first-order chi connectivity index (χ1) is 6.65. The molecule has 14 heavy (non-hydrogen) atoms. The van der Waals surface area contributed by atoms with Gasteiger partial charge < -0.3 is 4.90 Å². The molecule has 76 valence electrons. The quantitative estimate of drug-likeness (QED) is 0.714. The number of Topliss-reactive ketones (excluding diaryl/α,β-unsaturated/α-hetero) is 1. The van der Waals surface area contributed by atoms with Crippen molar-refractivity contribution in [3.63, 3.8) is 0 Å². The minimum atomic E-state index is 0.0234. The molecule has 0 aliphatic carbocycles. The summed E-state index contributed by atoms with van der Waals surface area (Å²) in [4.78, 5) is 13.4. The lowest BCUT2D eigenvalue weighted by molar-refractivity contribution is -0.111. The lowest BCUT2D eigenvalue weighted by Gasteiger charge is -2.21. The molecule has 0 fully saturated rings. The Morgan fingerprint density at radius 3 is 3.07 bits per heavy atom. The first-order valence-electron chi connectivity index (χ1n) is 4.17. The summed E-state index contributed by atoms with van der Waals surface area (Å²) in [6, 6.07) is 0. The van der Waals surface area contributed by atoms with Gasteiger partial charge in [0.15, 0.2) is 11.3 Å². The monoisotopic (exact) mass is 275 g/mol. The third-order valence-corrected chi connectivity index (χ3v) is 3.92. The van der Waals surface area contributed by atoms with Gasteiger partial charge in [0, 0.05) is 12.7 Å². The van der Waals surface area contributed by atoms with Gasteiger partial charge in [-0.25, -0.2) is 5.01 Å². The molecular formula is C8H10BrN3OS. The number of ketones is 1. The van der Waals surface area contributed by atoms with Crippen molar-refractivity contribution in [2.75, 3.05) is 12.4 Å². The minimum absolute atomic E-state index is 0.0234. The van der Waals surface area contributed by atoms with Gasteiger partial charge in [-0.2, -0.15) is 0 Å². The number of likely N-dealkylation sites (N-methyl/N-ethyl adjacent to an activating group) is 1. The van der Waals surface area contributed by atoms with Crippen LogP contribution in [0.25, 0.3) is 0 Å². The molecule has 0 aromatic rings. The van der Waals surface area contributed by atoms with Crippen molar-refractivity contribution >= 4 is 39.3 Å². The van der Waals surface area contributed by atoms with E-state index in [1.807, 2.05) is 23.9 Å². The summed E-state index contributed by atoms with van der Waals surface area (Å²) in [5, 5.41) is 8.54. The van der Waals surface area contributed by atoms with Crippen LogP contribution in [0.1, 0.15) is 6.92 Å². The number of alkyl halides is 1. The van der Waals surface area contributed by atoms with E-state index in [0.717, 1.165) is 5.70 Å². The third-order valence-electron chi connectivity index (χ3n) is 2.17. The molecule has 0 spiro atoms. The molecule has 0 aromatic carbocycles. The van der Waals surface area contributed by atoms with Crippen molar-refractivity contribution in [3.05, 3.63) is 11.1 Å². The van der Waals surface area contributed by atoms with Crippen molar-refractivity contribution in [1.82, 2.24) is 9.91 Å². The maximum Gasteiger partial charge on any atom is 0.210 e. The van der Waals surface area contributed by atoms with Gasteiger partial charge in [-0.15, -0.1) is 5.10 Å². The van der Waals surface area contributed by atoms with Gasteiger partial charge in [0.2, 0.25) is 5.78 Å². The second-order valence-electron chi connectivity index (χ2n) is 3.16. The van der Waals surface area contributed by atoms with E-state index in [-0.39, 0.29) is 11.3 Å². The highest BCUT2D eigenvalue weighted by Gasteiger charge is 2.38. The molecule has 0 amide bonds. The van der Waals surface area contributed by atoms with Gasteiger partial charge in [0.25, 0.3) is 0 Å². The predicted octanol–water partition coefficient (Wildman–Crippen LogP) is 1.40. The van der Waals surface area contributed by atoms with Crippen LogP contribution in [0.2, 0.25) is 0 Å². The van der Waals surface area contributed by atoms with E-state index in [2.05, 4.69) is 26.4 Å². The van der Waals surface area contributed by atoms with E-state index in [4.69, 9.17) is 0 Å². The second kappa shape index (κ2) is 3.58. The highest BCUT2D eigenvalue weighted by atomic mass is 79.9. The van der Waals surface area contributed by atoms with Gasteiger partial charge in [0.1, 0.15) is 0 Å². The van der Waals surface area contributed by atoms with Gasteiger partial charge in [-0.05, 0) is 12.3 Å². The van der Waals surface area contributed by atoms with Crippen LogP contribution in [0.5, 0.6) is 0 Å². The Labute approximate surface area is 95.1 Å². The Morgan fingerprint density at radius 2 is 2.50 bits per heavy atom. The zero-order valence-electron chi connectivity index (χ0n) is 7.90. The molecule has 0 saturated carbocycles. The molecule has 6 heteroatoms. The molecule has 2 aliphatic rings. The van der Waals surface area contributed by atoms with Crippen LogP contribution in [0.15, 0.2) is 16.2 Å². The number of thioether (sulfide) groups is 1. The van der Waals surface area contributed by atoms with Crippen molar-refractivity contribution in [2.24, 2.45) is 5.10 Å². The Kier molecular flexibility index (Phi) is 2.57. The van der Waals surface area contributed by atoms with Crippen LogP contribution in [0, 0.1) is 0 Å². The van der Waals surface area contributed by atoms with Crippen LogP contribution < -0.4 is 0 Å². The number of halogens is 1. The first kappa shape index (κ1) is 10.0. The topological polar surface area (TPSA) is 35.9 Å². The summed E-state index contributed by atoms with van der Waals surface area (Å²) in [5.41, 5.74) is 1.22.